The van der Waals surface area contributed by atoms with Crippen molar-refractivity contribution in [1.29, 1.82) is 0 Å². The van der Waals surface area contributed by atoms with Gasteiger partial charge in [0.25, 0.3) is 0 Å². The number of ether oxygens (including phenoxy) is 1. The van der Waals surface area contributed by atoms with Crippen LogP contribution >= 0.6 is 0 Å². The summed E-state index contributed by atoms with van der Waals surface area (Å²) in [6.07, 6.45) is 5.15. The fourth-order valence-corrected chi connectivity index (χ4v) is 6.63. The molecule has 0 fully saturated rings. The van der Waals surface area contributed by atoms with Crippen molar-refractivity contribution in [2.45, 2.75) is 59.8 Å². The zero-order chi connectivity index (χ0) is 31.8. The third-order valence-electron chi connectivity index (χ3n) is 9.17. The van der Waals surface area contributed by atoms with Crippen LogP contribution in [0.2, 0.25) is 0 Å². The highest BCUT2D eigenvalue weighted by Gasteiger charge is 2.18. The molecular weight excluding hydrogens is 564 g/mol. The van der Waals surface area contributed by atoms with Gasteiger partial charge in [-0.2, -0.15) is 5.10 Å². The van der Waals surface area contributed by atoms with Crippen LogP contribution in [0.1, 0.15) is 62.0 Å². The minimum absolute atomic E-state index is 0.495. The van der Waals surface area contributed by atoms with Crippen molar-refractivity contribution >= 4 is 21.8 Å². The largest absolute Gasteiger partial charge is 0.457 e. The summed E-state index contributed by atoms with van der Waals surface area (Å²) in [5.74, 6) is 2.96. The van der Waals surface area contributed by atoms with E-state index in [1.54, 1.807) is 0 Å². The van der Waals surface area contributed by atoms with E-state index >= 15 is 0 Å². The second kappa shape index (κ2) is 12.3. The summed E-state index contributed by atoms with van der Waals surface area (Å²) in [5.41, 5.74) is 10.3. The molecule has 0 bridgehead atoms. The molecule has 4 aromatic carbocycles. The Balaban J connectivity index is 1.30. The molecule has 0 saturated carbocycles. The van der Waals surface area contributed by atoms with E-state index in [2.05, 4.69) is 124 Å². The van der Waals surface area contributed by atoms with Crippen LogP contribution in [0.5, 0.6) is 11.5 Å². The lowest BCUT2D eigenvalue weighted by atomic mass is 9.97. The van der Waals surface area contributed by atoms with Crippen LogP contribution in [0.4, 0.5) is 0 Å². The number of aryl methyl sites for hydroxylation is 2. The SMILES string of the molecule is CCCc1ccnc(-n2c3ccc(C(C)CC)cc3c3ccc(Oc4cccc(-n5nc(C)c(-c6ccccc6)c5C)c4)cc32)c1. The summed E-state index contributed by atoms with van der Waals surface area (Å²) in [7, 11) is 0. The number of benzene rings is 4. The quantitative estimate of drug-likeness (QED) is 0.165. The predicted molar refractivity (Wildman–Crippen MR) is 190 cm³/mol. The molecule has 1 unspecified atom stereocenters. The summed E-state index contributed by atoms with van der Waals surface area (Å²) < 4.78 is 10.9. The molecule has 3 aromatic heterocycles. The van der Waals surface area contributed by atoms with Gasteiger partial charge in [-0.25, -0.2) is 9.67 Å². The van der Waals surface area contributed by atoms with Crippen LogP contribution < -0.4 is 4.74 Å². The van der Waals surface area contributed by atoms with E-state index in [0.29, 0.717) is 5.92 Å². The molecule has 0 saturated heterocycles. The van der Waals surface area contributed by atoms with Gasteiger partial charge >= 0.3 is 0 Å². The van der Waals surface area contributed by atoms with Gasteiger partial charge < -0.3 is 4.74 Å². The molecule has 5 nitrogen and oxygen atoms in total. The maximum absolute atomic E-state index is 6.56. The maximum Gasteiger partial charge on any atom is 0.137 e. The predicted octanol–water partition coefficient (Wildman–Crippen LogP) is 10.9. The average Bonchev–Trinajstić information content (AvgIpc) is 3.57. The molecule has 0 N–H and O–H groups in total. The van der Waals surface area contributed by atoms with Gasteiger partial charge in [0, 0.05) is 40.4 Å². The molecule has 0 aliphatic carbocycles. The van der Waals surface area contributed by atoms with Gasteiger partial charge in [-0.3, -0.25) is 4.57 Å². The standard InChI is InChI=1S/C41H40N4O/c1-6-12-30-21-22-42-40(23-30)44-38-20-17-32(27(3)7-2)24-37(38)36-19-18-35(26-39(36)44)46-34-16-11-15-33(25-34)45-29(5)41(28(4)43-45)31-13-9-8-10-14-31/h8-11,13-27H,6-7,12H2,1-5H3. The number of nitrogens with zero attached hydrogens (tertiary/aromatic N) is 4. The van der Waals surface area contributed by atoms with Crippen molar-refractivity contribution < 1.29 is 4.74 Å². The minimum Gasteiger partial charge on any atom is -0.457 e. The molecule has 3 heterocycles. The van der Waals surface area contributed by atoms with Gasteiger partial charge in [0.2, 0.25) is 0 Å². The van der Waals surface area contributed by atoms with Crippen LogP contribution in [0.3, 0.4) is 0 Å². The zero-order valence-corrected chi connectivity index (χ0v) is 27.3. The van der Waals surface area contributed by atoms with Crippen LogP contribution in [0.15, 0.2) is 109 Å². The Hall–Kier alpha value is -5.16. The number of fused-ring (bicyclic) bond motifs is 3. The Labute approximate surface area is 271 Å². The van der Waals surface area contributed by atoms with Crippen molar-refractivity contribution in [2.75, 3.05) is 0 Å². The Morgan fingerprint density at radius 1 is 0.761 bits per heavy atom. The van der Waals surface area contributed by atoms with Crippen molar-refractivity contribution in [3.63, 3.8) is 0 Å². The fourth-order valence-electron chi connectivity index (χ4n) is 6.63. The maximum atomic E-state index is 6.56. The van der Waals surface area contributed by atoms with E-state index in [-0.39, 0.29) is 0 Å². The third kappa shape index (κ3) is 5.36. The number of aromatic nitrogens is 4. The monoisotopic (exact) mass is 604 g/mol. The van der Waals surface area contributed by atoms with E-state index in [4.69, 9.17) is 14.8 Å². The molecule has 230 valence electrons. The zero-order valence-electron chi connectivity index (χ0n) is 27.3. The van der Waals surface area contributed by atoms with Gasteiger partial charge in [-0.15, -0.1) is 0 Å². The lowest BCUT2D eigenvalue weighted by Gasteiger charge is -2.12. The van der Waals surface area contributed by atoms with E-state index in [0.717, 1.165) is 64.7 Å². The third-order valence-corrected chi connectivity index (χ3v) is 9.17. The summed E-state index contributed by atoms with van der Waals surface area (Å²) in [6.45, 7) is 11.0. The molecule has 5 heteroatoms. The molecule has 7 rings (SSSR count). The smallest absolute Gasteiger partial charge is 0.137 e. The number of hydrogen-bond donors (Lipinski definition) is 0. The number of rotatable bonds is 9. The minimum atomic E-state index is 0.495. The van der Waals surface area contributed by atoms with Crippen LogP contribution in [0.25, 0.3) is 44.4 Å². The van der Waals surface area contributed by atoms with Crippen molar-refractivity contribution in [3.8, 4) is 34.1 Å². The first-order valence-electron chi connectivity index (χ1n) is 16.4. The topological polar surface area (TPSA) is 44.9 Å². The molecule has 46 heavy (non-hydrogen) atoms. The second-order valence-electron chi connectivity index (χ2n) is 12.3. The normalized spacial score (nSPS) is 12.2. The Kier molecular flexibility index (Phi) is 7.91. The highest BCUT2D eigenvalue weighted by molar-refractivity contribution is 6.09. The molecule has 0 radical (unpaired) electrons. The van der Waals surface area contributed by atoms with Crippen LogP contribution in [-0.4, -0.2) is 19.3 Å². The molecule has 0 amide bonds. The summed E-state index contributed by atoms with van der Waals surface area (Å²) in [5, 5.41) is 7.35. The first-order valence-corrected chi connectivity index (χ1v) is 16.4. The lowest BCUT2D eigenvalue weighted by Crippen LogP contribution is -2.00. The van der Waals surface area contributed by atoms with Gasteiger partial charge in [0.1, 0.15) is 17.3 Å². The van der Waals surface area contributed by atoms with Crippen LogP contribution in [0, 0.1) is 13.8 Å². The number of pyridine rings is 1. The Morgan fingerprint density at radius 2 is 1.59 bits per heavy atom. The highest BCUT2D eigenvalue weighted by atomic mass is 16.5. The van der Waals surface area contributed by atoms with Gasteiger partial charge in [0.15, 0.2) is 0 Å². The fraction of sp³-hybridized carbons (Fsp3) is 0.220. The molecular formula is C41H40N4O. The average molecular weight is 605 g/mol. The van der Waals surface area contributed by atoms with E-state index in [1.165, 1.54) is 33.0 Å². The van der Waals surface area contributed by atoms with Crippen molar-refractivity contribution in [3.05, 3.63) is 132 Å². The Bertz CT molecular complexity index is 2170. The van der Waals surface area contributed by atoms with Gasteiger partial charge in [0.05, 0.1) is 22.4 Å². The van der Waals surface area contributed by atoms with Gasteiger partial charge in [-0.05, 0) is 97.8 Å². The number of hydrogen-bond acceptors (Lipinski definition) is 3. The molecule has 0 aliphatic rings. The lowest BCUT2D eigenvalue weighted by molar-refractivity contribution is 0.482. The second-order valence-corrected chi connectivity index (χ2v) is 12.3. The highest BCUT2D eigenvalue weighted by Crippen LogP contribution is 2.37. The first-order chi connectivity index (χ1) is 22.4. The Morgan fingerprint density at radius 3 is 2.39 bits per heavy atom. The van der Waals surface area contributed by atoms with E-state index in [9.17, 15) is 0 Å². The van der Waals surface area contributed by atoms with E-state index < -0.39 is 0 Å². The van der Waals surface area contributed by atoms with Crippen molar-refractivity contribution in [1.82, 2.24) is 19.3 Å². The van der Waals surface area contributed by atoms with Gasteiger partial charge in [-0.1, -0.05) is 69.7 Å². The van der Waals surface area contributed by atoms with Crippen molar-refractivity contribution in [2.24, 2.45) is 0 Å². The summed E-state index contributed by atoms with van der Waals surface area (Å²) in [6, 6.07) is 36.3. The first kappa shape index (κ1) is 29.5. The summed E-state index contributed by atoms with van der Waals surface area (Å²) >= 11 is 0. The molecule has 0 spiro atoms. The summed E-state index contributed by atoms with van der Waals surface area (Å²) in [4.78, 5) is 4.85. The molecule has 1 atom stereocenters. The molecule has 7 aromatic rings. The van der Waals surface area contributed by atoms with Crippen LogP contribution in [-0.2, 0) is 6.42 Å². The molecule has 0 aliphatic heterocycles. The van der Waals surface area contributed by atoms with E-state index in [1.807, 2.05) is 29.1 Å².